The summed E-state index contributed by atoms with van der Waals surface area (Å²) in [6.07, 6.45) is 2.47. The summed E-state index contributed by atoms with van der Waals surface area (Å²) in [4.78, 5) is 0. The maximum atomic E-state index is 6.07. The number of nitrogens with zero attached hydrogens (tertiary/aromatic N) is 3. The maximum absolute atomic E-state index is 6.07. The standard InChI is InChI=1S/C10H8Cl3N3/c11-5-4-7-6-16(15-14-7)9-3-1-2-8(12)10(9)13/h1-3,6H,4-5H2. The molecular formula is C10H8Cl3N3. The van der Waals surface area contributed by atoms with Crippen LogP contribution >= 0.6 is 34.8 Å². The lowest BCUT2D eigenvalue weighted by atomic mass is 10.3. The number of hydrogen-bond donors (Lipinski definition) is 0. The Morgan fingerprint density at radius 1 is 1.25 bits per heavy atom. The lowest BCUT2D eigenvalue weighted by Gasteiger charge is -2.03. The molecule has 0 aliphatic heterocycles. The molecule has 1 aromatic heterocycles. The van der Waals surface area contributed by atoms with E-state index in [1.807, 2.05) is 12.1 Å². The van der Waals surface area contributed by atoms with Crippen LogP contribution in [-0.2, 0) is 6.42 Å². The summed E-state index contributed by atoms with van der Waals surface area (Å²) in [7, 11) is 0. The Hall–Kier alpha value is -0.770. The summed E-state index contributed by atoms with van der Waals surface area (Å²) in [6.45, 7) is 0. The second kappa shape index (κ2) is 5.04. The van der Waals surface area contributed by atoms with Gasteiger partial charge in [-0.1, -0.05) is 34.5 Å². The third kappa shape index (κ3) is 2.32. The van der Waals surface area contributed by atoms with Crippen LogP contribution in [0.1, 0.15) is 5.69 Å². The van der Waals surface area contributed by atoms with E-state index in [0.717, 1.165) is 5.69 Å². The highest BCUT2D eigenvalue weighted by Gasteiger charge is 2.08. The Balaban J connectivity index is 2.39. The van der Waals surface area contributed by atoms with Crippen LogP contribution in [0, 0.1) is 0 Å². The van der Waals surface area contributed by atoms with Crippen LogP contribution in [0.25, 0.3) is 5.69 Å². The van der Waals surface area contributed by atoms with Gasteiger partial charge >= 0.3 is 0 Å². The summed E-state index contributed by atoms with van der Waals surface area (Å²) in [5, 5.41) is 8.91. The zero-order chi connectivity index (χ0) is 11.5. The summed E-state index contributed by atoms with van der Waals surface area (Å²) >= 11 is 17.6. The van der Waals surface area contributed by atoms with Gasteiger partial charge in [0.1, 0.15) is 0 Å². The third-order valence-electron chi connectivity index (χ3n) is 2.07. The van der Waals surface area contributed by atoms with Gasteiger partial charge in [0.15, 0.2) is 0 Å². The molecule has 0 unspecified atom stereocenters. The van der Waals surface area contributed by atoms with Gasteiger partial charge < -0.3 is 0 Å². The molecule has 0 radical (unpaired) electrons. The second-order valence-corrected chi connectivity index (χ2v) is 4.33. The van der Waals surface area contributed by atoms with Crippen molar-refractivity contribution in [2.75, 3.05) is 5.88 Å². The van der Waals surface area contributed by atoms with Gasteiger partial charge in [-0.25, -0.2) is 4.68 Å². The van der Waals surface area contributed by atoms with Crippen LogP contribution < -0.4 is 0 Å². The Morgan fingerprint density at radius 2 is 2.06 bits per heavy atom. The van der Waals surface area contributed by atoms with E-state index in [9.17, 15) is 0 Å². The highest BCUT2D eigenvalue weighted by molar-refractivity contribution is 6.43. The lowest BCUT2D eigenvalue weighted by Crippen LogP contribution is -1.95. The van der Waals surface area contributed by atoms with Crippen molar-refractivity contribution in [1.82, 2.24) is 15.0 Å². The monoisotopic (exact) mass is 275 g/mol. The van der Waals surface area contributed by atoms with Crippen molar-refractivity contribution >= 4 is 34.8 Å². The first kappa shape index (κ1) is 11.7. The Labute approximate surface area is 108 Å². The van der Waals surface area contributed by atoms with E-state index in [4.69, 9.17) is 34.8 Å². The normalized spacial score (nSPS) is 10.7. The first-order chi connectivity index (χ1) is 7.72. The number of alkyl halides is 1. The predicted molar refractivity (Wildman–Crippen MR) is 65.8 cm³/mol. The molecule has 0 N–H and O–H groups in total. The molecule has 16 heavy (non-hydrogen) atoms. The highest BCUT2D eigenvalue weighted by Crippen LogP contribution is 2.27. The Bertz CT molecular complexity index is 496. The number of rotatable bonds is 3. The first-order valence-electron chi connectivity index (χ1n) is 4.64. The molecule has 0 amide bonds. The van der Waals surface area contributed by atoms with Crippen molar-refractivity contribution in [3.63, 3.8) is 0 Å². The molecule has 0 aliphatic rings. The largest absolute Gasteiger partial charge is 0.219 e. The van der Waals surface area contributed by atoms with Gasteiger partial charge in [-0.15, -0.1) is 16.7 Å². The van der Waals surface area contributed by atoms with Crippen molar-refractivity contribution in [2.24, 2.45) is 0 Å². The zero-order valence-corrected chi connectivity index (χ0v) is 10.5. The van der Waals surface area contributed by atoms with Crippen molar-refractivity contribution in [3.05, 3.63) is 40.1 Å². The summed E-state index contributed by atoms with van der Waals surface area (Å²) in [6, 6.07) is 5.36. The minimum Gasteiger partial charge on any atom is -0.219 e. The van der Waals surface area contributed by atoms with E-state index in [1.165, 1.54) is 0 Å². The topological polar surface area (TPSA) is 30.7 Å². The van der Waals surface area contributed by atoms with E-state index in [2.05, 4.69) is 10.3 Å². The third-order valence-corrected chi connectivity index (χ3v) is 3.07. The van der Waals surface area contributed by atoms with Crippen LogP contribution in [0.15, 0.2) is 24.4 Å². The molecular weight excluding hydrogens is 268 g/mol. The highest BCUT2D eigenvalue weighted by atomic mass is 35.5. The number of aryl methyl sites for hydroxylation is 1. The van der Waals surface area contributed by atoms with Gasteiger partial charge in [0.05, 0.1) is 27.6 Å². The van der Waals surface area contributed by atoms with E-state index in [-0.39, 0.29) is 0 Å². The number of benzene rings is 1. The molecule has 0 aliphatic carbocycles. The molecule has 0 bridgehead atoms. The van der Waals surface area contributed by atoms with Gasteiger partial charge in [0.25, 0.3) is 0 Å². The SMILES string of the molecule is ClCCc1cn(-c2cccc(Cl)c2Cl)nn1. The van der Waals surface area contributed by atoms with Crippen molar-refractivity contribution < 1.29 is 0 Å². The molecule has 1 heterocycles. The first-order valence-corrected chi connectivity index (χ1v) is 5.93. The molecule has 1 aromatic carbocycles. The van der Waals surface area contributed by atoms with Gasteiger partial charge in [-0.05, 0) is 12.1 Å². The molecule has 0 saturated heterocycles. The minimum atomic E-state index is 0.464. The average Bonchev–Trinajstić information content (AvgIpc) is 2.71. The average molecular weight is 277 g/mol. The van der Waals surface area contributed by atoms with E-state index < -0.39 is 0 Å². The molecule has 2 rings (SSSR count). The second-order valence-electron chi connectivity index (χ2n) is 3.17. The summed E-state index contributed by atoms with van der Waals surface area (Å²) in [5.74, 6) is 0.516. The fraction of sp³-hybridized carbons (Fsp3) is 0.200. The summed E-state index contributed by atoms with van der Waals surface area (Å²) < 4.78 is 1.59. The smallest absolute Gasteiger partial charge is 0.0865 e. The molecule has 6 heteroatoms. The molecule has 3 nitrogen and oxygen atoms in total. The van der Waals surface area contributed by atoms with Crippen molar-refractivity contribution in [3.8, 4) is 5.69 Å². The van der Waals surface area contributed by atoms with E-state index in [0.29, 0.717) is 28.0 Å². The zero-order valence-electron chi connectivity index (χ0n) is 8.20. The quantitative estimate of drug-likeness (QED) is 0.805. The molecule has 2 aromatic rings. The Morgan fingerprint density at radius 3 is 2.81 bits per heavy atom. The molecule has 0 saturated carbocycles. The number of hydrogen-bond acceptors (Lipinski definition) is 2. The molecule has 0 fully saturated rings. The van der Waals surface area contributed by atoms with E-state index >= 15 is 0 Å². The fourth-order valence-corrected chi connectivity index (χ4v) is 1.87. The van der Waals surface area contributed by atoms with Gasteiger partial charge in [0, 0.05) is 12.3 Å². The fourth-order valence-electron chi connectivity index (χ4n) is 1.30. The van der Waals surface area contributed by atoms with Gasteiger partial charge in [-0.2, -0.15) is 0 Å². The van der Waals surface area contributed by atoms with Crippen LogP contribution in [0.4, 0.5) is 0 Å². The molecule has 84 valence electrons. The Kier molecular flexibility index (Phi) is 3.69. The molecule has 0 atom stereocenters. The van der Waals surface area contributed by atoms with Crippen molar-refractivity contribution in [2.45, 2.75) is 6.42 Å². The van der Waals surface area contributed by atoms with Gasteiger partial charge in [0.2, 0.25) is 0 Å². The van der Waals surface area contributed by atoms with Crippen LogP contribution in [0.3, 0.4) is 0 Å². The predicted octanol–water partition coefficient (Wildman–Crippen LogP) is 3.36. The number of aromatic nitrogens is 3. The van der Waals surface area contributed by atoms with Crippen LogP contribution in [0.5, 0.6) is 0 Å². The number of halogens is 3. The van der Waals surface area contributed by atoms with Crippen molar-refractivity contribution in [1.29, 1.82) is 0 Å². The summed E-state index contributed by atoms with van der Waals surface area (Å²) in [5.41, 5.74) is 1.54. The van der Waals surface area contributed by atoms with Gasteiger partial charge in [-0.3, -0.25) is 0 Å². The maximum Gasteiger partial charge on any atom is 0.0865 e. The molecule has 0 spiro atoms. The van der Waals surface area contributed by atoms with Crippen LogP contribution in [-0.4, -0.2) is 20.9 Å². The lowest BCUT2D eigenvalue weighted by molar-refractivity contribution is 0.798. The van der Waals surface area contributed by atoms with Crippen LogP contribution in [0.2, 0.25) is 10.0 Å². The minimum absolute atomic E-state index is 0.464. The van der Waals surface area contributed by atoms with E-state index in [1.54, 1.807) is 16.9 Å².